The van der Waals surface area contributed by atoms with Crippen molar-refractivity contribution in [3.05, 3.63) is 44.2 Å². The van der Waals surface area contributed by atoms with E-state index in [4.69, 9.17) is 16.6 Å². The third kappa shape index (κ3) is 2.92. The summed E-state index contributed by atoms with van der Waals surface area (Å²) in [4.78, 5) is 9.22. The lowest BCUT2D eigenvalue weighted by Crippen LogP contribution is -2.02. The number of aromatic nitrogens is 2. The van der Waals surface area contributed by atoms with E-state index in [2.05, 4.69) is 51.8 Å². The highest BCUT2D eigenvalue weighted by Crippen LogP contribution is 2.27. The highest BCUT2D eigenvalue weighted by Gasteiger charge is 2.16. The van der Waals surface area contributed by atoms with E-state index >= 15 is 0 Å². The van der Waals surface area contributed by atoms with Crippen LogP contribution in [-0.4, -0.2) is 9.97 Å². The standard InChI is InChI=1S/C15H14ClIN2/c16-14-12-4-2-1-3-5-13(12)18-15(19-14)10-6-8-11(17)9-7-10/h6-9H,1-5H2. The van der Waals surface area contributed by atoms with Gasteiger partial charge in [0.05, 0.1) is 0 Å². The number of hydrogen-bond acceptors (Lipinski definition) is 2. The Balaban J connectivity index is 2.06. The van der Waals surface area contributed by atoms with Crippen LogP contribution in [-0.2, 0) is 12.8 Å². The summed E-state index contributed by atoms with van der Waals surface area (Å²) in [7, 11) is 0. The van der Waals surface area contributed by atoms with Gasteiger partial charge in [0.2, 0.25) is 0 Å². The topological polar surface area (TPSA) is 25.8 Å². The van der Waals surface area contributed by atoms with Gasteiger partial charge < -0.3 is 0 Å². The smallest absolute Gasteiger partial charge is 0.161 e. The normalized spacial score (nSPS) is 14.8. The Bertz CT molecular complexity index is 596. The maximum atomic E-state index is 6.35. The first-order valence-electron chi connectivity index (χ1n) is 6.55. The average Bonchev–Trinajstić information content (AvgIpc) is 2.65. The van der Waals surface area contributed by atoms with Crippen molar-refractivity contribution in [1.82, 2.24) is 9.97 Å². The minimum Gasteiger partial charge on any atom is -0.233 e. The van der Waals surface area contributed by atoms with E-state index in [0.29, 0.717) is 5.15 Å². The van der Waals surface area contributed by atoms with E-state index in [1.165, 1.54) is 22.8 Å². The van der Waals surface area contributed by atoms with Gasteiger partial charge in [-0.2, -0.15) is 0 Å². The zero-order chi connectivity index (χ0) is 13.2. The summed E-state index contributed by atoms with van der Waals surface area (Å²) in [6.45, 7) is 0. The molecule has 2 aromatic rings. The largest absolute Gasteiger partial charge is 0.233 e. The Morgan fingerprint density at radius 3 is 2.47 bits per heavy atom. The summed E-state index contributed by atoms with van der Waals surface area (Å²) in [5, 5.41) is 0.639. The maximum absolute atomic E-state index is 6.35. The molecule has 0 aliphatic heterocycles. The fourth-order valence-electron chi connectivity index (χ4n) is 2.45. The van der Waals surface area contributed by atoms with Gasteiger partial charge in [-0.15, -0.1) is 0 Å². The number of halogens is 2. The number of benzene rings is 1. The molecule has 0 unspecified atom stereocenters. The van der Waals surface area contributed by atoms with Crippen molar-refractivity contribution in [3.8, 4) is 11.4 Å². The highest BCUT2D eigenvalue weighted by atomic mass is 127. The Hall–Kier alpha value is -0.680. The van der Waals surface area contributed by atoms with E-state index in [9.17, 15) is 0 Å². The number of aryl methyl sites for hydroxylation is 1. The van der Waals surface area contributed by atoms with Crippen LogP contribution in [0.3, 0.4) is 0 Å². The molecular formula is C15H14ClIN2. The van der Waals surface area contributed by atoms with E-state index in [-0.39, 0.29) is 0 Å². The summed E-state index contributed by atoms with van der Waals surface area (Å²) < 4.78 is 1.21. The zero-order valence-corrected chi connectivity index (χ0v) is 13.4. The third-order valence-electron chi connectivity index (χ3n) is 3.49. The van der Waals surface area contributed by atoms with Crippen LogP contribution < -0.4 is 0 Å². The van der Waals surface area contributed by atoms with Gasteiger partial charge in [-0.1, -0.05) is 30.2 Å². The van der Waals surface area contributed by atoms with E-state index in [1.807, 2.05) is 0 Å². The summed E-state index contributed by atoms with van der Waals surface area (Å²) >= 11 is 8.64. The van der Waals surface area contributed by atoms with Crippen LogP contribution in [0.5, 0.6) is 0 Å². The number of fused-ring (bicyclic) bond motifs is 1. The minimum absolute atomic E-state index is 0.639. The lowest BCUT2D eigenvalue weighted by atomic mass is 10.1. The summed E-state index contributed by atoms with van der Waals surface area (Å²) in [5.41, 5.74) is 3.34. The van der Waals surface area contributed by atoms with Crippen LogP contribution in [0, 0.1) is 3.57 Å². The predicted octanol–water partition coefficient (Wildman–Crippen LogP) is 4.67. The van der Waals surface area contributed by atoms with E-state index in [0.717, 1.165) is 35.5 Å². The first-order chi connectivity index (χ1) is 9.24. The second-order valence-corrected chi connectivity index (χ2v) is 6.43. The van der Waals surface area contributed by atoms with Crippen molar-refractivity contribution >= 4 is 34.2 Å². The Morgan fingerprint density at radius 2 is 1.68 bits per heavy atom. The molecule has 0 fully saturated rings. The monoisotopic (exact) mass is 384 g/mol. The molecule has 1 aromatic heterocycles. The molecule has 1 aromatic carbocycles. The molecule has 0 bridgehead atoms. The third-order valence-corrected chi connectivity index (χ3v) is 4.52. The first kappa shape index (κ1) is 13.3. The predicted molar refractivity (Wildman–Crippen MR) is 86.5 cm³/mol. The van der Waals surface area contributed by atoms with Crippen LogP contribution in [0.4, 0.5) is 0 Å². The van der Waals surface area contributed by atoms with Crippen molar-refractivity contribution in [3.63, 3.8) is 0 Å². The van der Waals surface area contributed by atoms with Crippen LogP contribution >= 0.6 is 34.2 Å². The molecule has 0 N–H and O–H groups in total. The molecule has 1 aliphatic carbocycles. The van der Waals surface area contributed by atoms with Gasteiger partial charge in [0.25, 0.3) is 0 Å². The van der Waals surface area contributed by atoms with Gasteiger partial charge in [-0.3, -0.25) is 0 Å². The summed E-state index contributed by atoms with van der Waals surface area (Å²) in [6.07, 6.45) is 5.69. The molecule has 0 radical (unpaired) electrons. The van der Waals surface area contributed by atoms with Gasteiger partial charge in [-0.25, -0.2) is 9.97 Å². The second-order valence-electron chi connectivity index (χ2n) is 4.83. The van der Waals surface area contributed by atoms with Gasteiger partial charge in [0.1, 0.15) is 5.15 Å². The molecule has 19 heavy (non-hydrogen) atoms. The minimum atomic E-state index is 0.639. The molecule has 3 rings (SSSR count). The molecule has 1 heterocycles. The molecule has 2 nitrogen and oxygen atoms in total. The molecule has 98 valence electrons. The molecule has 0 atom stereocenters. The molecule has 0 spiro atoms. The lowest BCUT2D eigenvalue weighted by Gasteiger charge is -2.09. The number of hydrogen-bond donors (Lipinski definition) is 0. The van der Waals surface area contributed by atoms with Crippen LogP contribution in [0.25, 0.3) is 11.4 Å². The van der Waals surface area contributed by atoms with Crippen molar-refractivity contribution in [2.45, 2.75) is 32.1 Å². The fraction of sp³-hybridized carbons (Fsp3) is 0.333. The zero-order valence-electron chi connectivity index (χ0n) is 10.5. The van der Waals surface area contributed by atoms with E-state index < -0.39 is 0 Å². The molecule has 0 amide bonds. The molecule has 4 heteroatoms. The SMILES string of the molecule is Clc1nc(-c2ccc(I)cc2)nc2c1CCCCC2. The number of nitrogens with zero attached hydrogens (tertiary/aromatic N) is 2. The highest BCUT2D eigenvalue weighted by molar-refractivity contribution is 14.1. The Morgan fingerprint density at radius 1 is 0.947 bits per heavy atom. The maximum Gasteiger partial charge on any atom is 0.161 e. The molecule has 1 aliphatic rings. The lowest BCUT2D eigenvalue weighted by molar-refractivity contribution is 0.709. The van der Waals surface area contributed by atoms with Crippen molar-refractivity contribution < 1.29 is 0 Å². The van der Waals surface area contributed by atoms with Crippen LogP contribution in [0.2, 0.25) is 5.15 Å². The Labute approximate surface area is 131 Å². The molecule has 0 saturated carbocycles. The van der Waals surface area contributed by atoms with Gasteiger partial charge in [0.15, 0.2) is 5.82 Å². The summed E-state index contributed by atoms with van der Waals surface area (Å²) in [6, 6.07) is 8.24. The van der Waals surface area contributed by atoms with Crippen LogP contribution in [0.1, 0.15) is 30.5 Å². The van der Waals surface area contributed by atoms with Gasteiger partial charge in [0, 0.05) is 20.4 Å². The van der Waals surface area contributed by atoms with E-state index in [1.54, 1.807) is 0 Å². The van der Waals surface area contributed by atoms with Gasteiger partial charge >= 0.3 is 0 Å². The van der Waals surface area contributed by atoms with Crippen molar-refractivity contribution in [2.24, 2.45) is 0 Å². The Kier molecular flexibility index (Phi) is 4.03. The molecule has 0 saturated heterocycles. The van der Waals surface area contributed by atoms with Crippen molar-refractivity contribution in [2.75, 3.05) is 0 Å². The fourth-order valence-corrected chi connectivity index (χ4v) is 3.10. The van der Waals surface area contributed by atoms with Crippen molar-refractivity contribution in [1.29, 1.82) is 0 Å². The average molecular weight is 385 g/mol. The second kappa shape index (κ2) is 5.75. The summed E-state index contributed by atoms with van der Waals surface area (Å²) in [5.74, 6) is 0.752. The number of rotatable bonds is 1. The van der Waals surface area contributed by atoms with Crippen LogP contribution in [0.15, 0.2) is 24.3 Å². The van der Waals surface area contributed by atoms with Gasteiger partial charge in [-0.05, 0) is 60.4 Å². The molecular weight excluding hydrogens is 371 g/mol. The quantitative estimate of drug-likeness (QED) is 0.406. The first-order valence-corrected chi connectivity index (χ1v) is 8.01.